The van der Waals surface area contributed by atoms with Crippen molar-refractivity contribution in [2.75, 3.05) is 0 Å². The number of aliphatic hydroxyl groups is 1. The van der Waals surface area contributed by atoms with Crippen LogP contribution in [0, 0.1) is 5.82 Å². The van der Waals surface area contributed by atoms with Crippen LogP contribution in [0.1, 0.15) is 28.3 Å². The SMILES string of the molecule is CCc1ccc(C(O)Cc2ccc(Br)cc2F)s1. The van der Waals surface area contributed by atoms with Gasteiger partial charge in [0.25, 0.3) is 0 Å². The van der Waals surface area contributed by atoms with Gasteiger partial charge in [0.15, 0.2) is 0 Å². The van der Waals surface area contributed by atoms with Crippen molar-refractivity contribution in [3.8, 4) is 0 Å². The van der Waals surface area contributed by atoms with Crippen LogP contribution in [-0.2, 0) is 12.8 Å². The van der Waals surface area contributed by atoms with E-state index in [-0.39, 0.29) is 5.82 Å². The zero-order valence-electron chi connectivity index (χ0n) is 9.99. The van der Waals surface area contributed by atoms with Gasteiger partial charge < -0.3 is 5.11 Å². The topological polar surface area (TPSA) is 20.2 Å². The van der Waals surface area contributed by atoms with Gasteiger partial charge in [-0.3, -0.25) is 0 Å². The first kappa shape index (κ1) is 13.7. The van der Waals surface area contributed by atoms with Crippen LogP contribution in [-0.4, -0.2) is 5.11 Å². The Hall–Kier alpha value is -0.710. The lowest BCUT2D eigenvalue weighted by Gasteiger charge is -2.09. The van der Waals surface area contributed by atoms with Crippen LogP contribution < -0.4 is 0 Å². The molecule has 0 aliphatic rings. The Kier molecular flexibility index (Phi) is 4.54. The van der Waals surface area contributed by atoms with E-state index in [2.05, 4.69) is 22.9 Å². The van der Waals surface area contributed by atoms with E-state index in [0.717, 1.165) is 11.3 Å². The molecule has 2 aromatic rings. The minimum Gasteiger partial charge on any atom is -0.387 e. The molecule has 1 N–H and O–H groups in total. The molecule has 0 radical (unpaired) electrons. The van der Waals surface area contributed by atoms with Gasteiger partial charge in [-0.2, -0.15) is 0 Å². The number of benzene rings is 1. The zero-order valence-corrected chi connectivity index (χ0v) is 12.4. The molecule has 1 aromatic carbocycles. The summed E-state index contributed by atoms with van der Waals surface area (Å²) in [7, 11) is 0. The van der Waals surface area contributed by atoms with E-state index in [1.54, 1.807) is 23.5 Å². The molecule has 1 aromatic heterocycles. The minimum absolute atomic E-state index is 0.282. The van der Waals surface area contributed by atoms with Gasteiger partial charge in [-0.25, -0.2) is 4.39 Å². The lowest BCUT2D eigenvalue weighted by molar-refractivity contribution is 0.181. The molecule has 18 heavy (non-hydrogen) atoms. The number of aryl methyl sites for hydroxylation is 1. The highest BCUT2D eigenvalue weighted by Crippen LogP contribution is 2.27. The van der Waals surface area contributed by atoms with Crippen molar-refractivity contribution in [3.63, 3.8) is 0 Å². The molecular formula is C14H14BrFOS. The van der Waals surface area contributed by atoms with Crippen LogP contribution in [0.2, 0.25) is 0 Å². The van der Waals surface area contributed by atoms with Gasteiger partial charge >= 0.3 is 0 Å². The number of hydrogen-bond donors (Lipinski definition) is 1. The van der Waals surface area contributed by atoms with Gasteiger partial charge in [0, 0.05) is 20.6 Å². The highest BCUT2D eigenvalue weighted by Gasteiger charge is 2.13. The second-order valence-electron chi connectivity index (χ2n) is 4.11. The molecule has 0 fully saturated rings. The van der Waals surface area contributed by atoms with Gasteiger partial charge in [-0.05, 0) is 36.2 Å². The summed E-state index contributed by atoms with van der Waals surface area (Å²) < 4.78 is 14.4. The summed E-state index contributed by atoms with van der Waals surface area (Å²) >= 11 is 4.81. The Balaban J connectivity index is 2.13. The van der Waals surface area contributed by atoms with Crippen LogP contribution in [0.4, 0.5) is 4.39 Å². The number of halogens is 2. The molecule has 0 aliphatic carbocycles. The van der Waals surface area contributed by atoms with Gasteiger partial charge in [0.1, 0.15) is 5.82 Å². The molecule has 0 amide bonds. The Morgan fingerprint density at radius 1 is 1.33 bits per heavy atom. The fourth-order valence-corrected chi connectivity index (χ4v) is 3.03. The van der Waals surface area contributed by atoms with Crippen molar-refractivity contribution in [1.82, 2.24) is 0 Å². The zero-order chi connectivity index (χ0) is 13.1. The second-order valence-corrected chi connectivity index (χ2v) is 6.23. The van der Waals surface area contributed by atoms with E-state index >= 15 is 0 Å². The maximum absolute atomic E-state index is 13.7. The molecule has 0 bridgehead atoms. The first-order valence-corrected chi connectivity index (χ1v) is 7.41. The van der Waals surface area contributed by atoms with Crippen molar-refractivity contribution in [3.05, 3.63) is 55.9 Å². The lowest BCUT2D eigenvalue weighted by atomic mass is 10.1. The molecular weight excluding hydrogens is 315 g/mol. The van der Waals surface area contributed by atoms with E-state index in [4.69, 9.17) is 0 Å². The molecule has 0 spiro atoms. The van der Waals surface area contributed by atoms with E-state index < -0.39 is 6.10 Å². The van der Waals surface area contributed by atoms with Crippen molar-refractivity contribution in [1.29, 1.82) is 0 Å². The maximum Gasteiger partial charge on any atom is 0.127 e. The summed E-state index contributed by atoms with van der Waals surface area (Å²) in [4.78, 5) is 2.13. The van der Waals surface area contributed by atoms with E-state index in [1.165, 1.54) is 10.9 Å². The molecule has 1 atom stereocenters. The van der Waals surface area contributed by atoms with Gasteiger partial charge in [-0.1, -0.05) is 28.9 Å². The van der Waals surface area contributed by atoms with Gasteiger partial charge in [-0.15, -0.1) is 11.3 Å². The van der Waals surface area contributed by atoms with Crippen LogP contribution in [0.15, 0.2) is 34.8 Å². The number of thiophene rings is 1. The van der Waals surface area contributed by atoms with Crippen LogP contribution in [0.25, 0.3) is 0 Å². The minimum atomic E-state index is -0.633. The fraction of sp³-hybridized carbons (Fsp3) is 0.286. The molecule has 2 rings (SSSR count). The predicted molar refractivity (Wildman–Crippen MR) is 76.5 cm³/mol. The van der Waals surface area contributed by atoms with Crippen LogP contribution in [0.3, 0.4) is 0 Å². The van der Waals surface area contributed by atoms with Crippen molar-refractivity contribution in [2.24, 2.45) is 0 Å². The first-order chi connectivity index (χ1) is 8.60. The van der Waals surface area contributed by atoms with Crippen LogP contribution >= 0.6 is 27.3 Å². The Morgan fingerprint density at radius 3 is 2.72 bits per heavy atom. The third-order valence-electron chi connectivity index (χ3n) is 2.79. The van der Waals surface area contributed by atoms with E-state index in [0.29, 0.717) is 16.5 Å². The number of aliphatic hydroxyl groups excluding tert-OH is 1. The Bertz CT molecular complexity index is 538. The number of hydrogen-bond acceptors (Lipinski definition) is 2. The van der Waals surface area contributed by atoms with Gasteiger partial charge in [0.2, 0.25) is 0 Å². The van der Waals surface area contributed by atoms with Gasteiger partial charge in [0.05, 0.1) is 6.10 Å². The monoisotopic (exact) mass is 328 g/mol. The average Bonchev–Trinajstić information content (AvgIpc) is 2.81. The molecule has 0 saturated heterocycles. The summed E-state index contributed by atoms with van der Waals surface area (Å²) in [6.07, 6.45) is 0.637. The highest BCUT2D eigenvalue weighted by molar-refractivity contribution is 9.10. The largest absolute Gasteiger partial charge is 0.387 e. The average molecular weight is 329 g/mol. The summed E-state index contributed by atoms with van der Waals surface area (Å²) in [6.45, 7) is 2.08. The standard InChI is InChI=1S/C14H14BrFOS/c1-2-11-5-6-14(18-11)13(17)7-9-3-4-10(15)8-12(9)16/h3-6,8,13,17H,2,7H2,1H3. The molecule has 1 heterocycles. The maximum atomic E-state index is 13.7. The molecule has 1 nitrogen and oxygen atoms in total. The van der Waals surface area contributed by atoms with E-state index in [9.17, 15) is 9.50 Å². The Morgan fingerprint density at radius 2 is 2.11 bits per heavy atom. The Labute approximate surface area is 118 Å². The molecule has 0 aliphatic heterocycles. The van der Waals surface area contributed by atoms with Crippen molar-refractivity contribution >= 4 is 27.3 Å². The van der Waals surface area contributed by atoms with E-state index in [1.807, 2.05) is 12.1 Å². The quantitative estimate of drug-likeness (QED) is 0.876. The molecule has 96 valence electrons. The summed E-state index contributed by atoms with van der Waals surface area (Å²) in [5.41, 5.74) is 0.539. The third kappa shape index (κ3) is 3.19. The smallest absolute Gasteiger partial charge is 0.127 e. The predicted octanol–water partition coefficient (Wildman–Crippen LogP) is 4.49. The fourth-order valence-electron chi connectivity index (χ4n) is 1.76. The molecule has 1 unspecified atom stereocenters. The summed E-state index contributed by atoms with van der Waals surface area (Å²) in [5, 5.41) is 10.1. The summed E-state index contributed by atoms with van der Waals surface area (Å²) in [5.74, 6) is -0.282. The normalized spacial score (nSPS) is 12.7. The highest BCUT2D eigenvalue weighted by atomic mass is 79.9. The number of rotatable bonds is 4. The molecule has 4 heteroatoms. The van der Waals surface area contributed by atoms with Crippen molar-refractivity contribution in [2.45, 2.75) is 25.9 Å². The second kappa shape index (κ2) is 5.95. The molecule has 0 saturated carbocycles. The first-order valence-electron chi connectivity index (χ1n) is 5.80. The summed E-state index contributed by atoms with van der Waals surface area (Å²) in [6, 6.07) is 8.86. The van der Waals surface area contributed by atoms with Crippen LogP contribution in [0.5, 0.6) is 0 Å². The van der Waals surface area contributed by atoms with Crippen molar-refractivity contribution < 1.29 is 9.50 Å². The third-order valence-corrected chi connectivity index (χ3v) is 4.61. The lowest BCUT2D eigenvalue weighted by Crippen LogP contribution is -2.01.